The van der Waals surface area contributed by atoms with Crippen molar-refractivity contribution in [1.29, 1.82) is 0 Å². The SMILES string of the molecule is CS(=O)(=O)Nc1cccc(NS(C)(=O)=O)c1C(=O)O. The van der Waals surface area contributed by atoms with E-state index in [1.165, 1.54) is 18.2 Å². The molecule has 0 amide bonds. The van der Waals surface area contributed by atoms with Crippen molar-refractivity contribution in [3.63, 3.8) is 0 Å². The average molecular weight is 308 g/mol. The van der Waals surface area contributed by atoms with Gasteiger partial charge in [-0.05, 0) is 12.1 Å². The third-order valence-corrected chi connectivity index (χ3v) is 3.05. The lowest BCUT2D eigenvalue weighted by atomic mass is 10.1. The van der Waals surface area contributed by atoms with Gasteiger partial charge in [0, 0.05) is 0 Å². The van der Waals surface area contributed by atoms with Crippen LogP contribution in [0.1, 0.15) is 10.4 Å². The molecule has 0 fully saturated rings. The molecule has 0 unspecified atom stereocenters. The Kier molecular flexibility index (Phi) is 4.06. The minimum Gasteiger partial charge on any atom is -0.478 e. The molecule has 0 bridgehead atoms. The van der Waals surface area contributed by atoms with Crippen LogP contribution in [0.4, 0.5) is 11.4 Å². The van der Waals surface area contributed by atoms with E-state index in [-0.39, 0.29) is 11.4 Å². The highest BCUT2D eigenvalue weighted by atomic mass is 32.2. The Morgan fingerprint density at radius 3 is 1.63 bits per heavy atom. The zero-order valence-electron chi connectivity index (χ0n) is 10.0. The van der Waals surface area contributed by atoms with E-state index in [4.69, 9.17) is 5.11 Å². The summed E-state index contributed by atoms with van der Waals surface area (Å²) in [6, 6.07) is 3.77. The van der Waals surface area contributed by atoms with Gasteiger partial charge in [0.1, 0.15) is 5.56 Å². The van der Waals surface area contributed by atoms with Crippen LogP contribution in [0.2, 0.25) is 0 Å². The first-order valence-electron chi connectivity index (χ1n) is 4.81. The molecule has 3 N–H and O–H groups in total. The zero-order valence-corrected chi connectivity index (χ0v) is 11.7. The first-order valence-corrected chi connectivity index (χ1v) is 8.60. The second-order valence-corrected chi connectivity index (χ2v) is 7.28. The number of carbonyl (C=O) groups is 1. The molecule has 0 atom stereocenters. The number of sulfonamides is 2. The van der Waals surface area contributed by atoms with Gasteiger partial charge in [-0.25, -0.2) is 21.6 Å². The number of hydrogen-bond acceptors (Lipinski definition) is 5. The van der Waals surface area contributed by atoms with E-state index in [1.807, 2.05) is 9.44 Å². The molecule has 1 aromatic carbocycles. The molecule has 1 rings (SSSR count). The lowest BCUT2D eigenvalue weighted by molar-refractivity contribution is 0.0699. The standard InChI is InChI=1S/C9H12N2O6S2/c1-18(14,15)10-6-4-3-5-7(8(6)9(12)13)11-19(2,16)17/h3-5,10-11H,1-2H3,(H,12,13). The monoisotopic (exact) mass is 308 g/mol. The van der Waals surface area contributed by atoms with Gasteiger partial charge < -0.3 is 5.11 Å². The third kappa shape index (κ3) is 4.75. The summed E-state index contributed by atoms with van der Waals surface area (Å²) in [4.78, 5) is 11.1. The normalized spacial score (nSPS) is 11.9. The van der Waals surface area contributed by atoms with Gasteiger partial charge in [0.05, 0.1) is 23.9 Å². The van der Waals surface area contributed by atoms with Crippen LogP contribution in [-0.2, 0) is 20.0 Å². The molecular formula is C9H12N2O6S2. The van der Waals surface area contributed by atoms with E-state index < -0.39 is 31.6 Å². The van der Waals surface area contributed by atoms with Crippen molar-refractivity contribution in [2.75, 3.05) is 22.0 Å². The van der Waals surface area contributed by atoms with E-state index >= 15 is 0 Å². The van der Waals surface area contributed by atoms with Crippen molar-refractivity contribution in [2.24, 2.45) is 0 Å². The molecule has 0 saturated heterocycles. The van der Waals surface area contributed by atoms with Crippen LogP contribution in [0.5, 0.6) is 0 Å². The number of nitrogens with one attached hydrogen (secondary N) is 2. The van der Waals surface area contributed by atoms with Crippen LogP contribution in [0.25, 0.3) is 0 Å². The van der Waals surface area contributed by atoms with Gasteiger partial charge >= 0.3 is 5.97 Å². The molecule has 106 valence electrons. The van der Waals surface area contributed by atoms with Crippen molar-refractivity contribution in [3.05, 3.63) is 23.8 Å². The quantitative estimate of drug-likeness (QED) is 0.708. The topological polar surface area (TPSA) is 130 Å². The van der Waals surface area contributed by atoms with E-state index in [2.05, 4.69) is 0 Å². The van der Waals surface area contributed by atoms with E-state index in [1.54, 1.807) is 0 Å². The van der Waals surface area contributed by atoms with Crippen LogP contribution in [0, 0.1) is 0 Å². The number of hydrogen-bond donors (Lipinski definition) is 3. The number of rotatable bonds is 5. The van der Waals surface area contributed by atoms with Crippen molar-refractivity contribution in [1.82, 2.24) is 0 Å². The Labute approximate surface area is 110 Å². The van der Waals surface area contributed by atoms with E-state index in [0.717, 1.165) is 12.5 Å². The maximum Gasteiger partial charge on any atom is 0.339 e. The molecule has 19 heavy (non-hydrogen) atoms. The molecule has 0 aliphatic rings. The van der Waals surface area contributed by atoms with Gasteiger partial charge in [0.15, 0.2) is 0 Å². The Morgan fingerprint density at radius 2 is 1.37 bits per heavy atom. The van der Waals surface area contributed by atoms with Gasteiger partial charge in [-0.15, -0.1) is 0 Å². The second kappa shape index (κ2) is 5.05. The first kappa shape index (κ1) is 15.2. The fourth-order valence-corrected chi connectivity index (χ4v) is 2.49. The molecule has 10 heteroatoms. The van der Waals surface area contributed by atoms with Crippen molar-refractivity contribution in [2.45, 2.75) is 0 Å². The van der Waals surface area contributed by atoms with Gasteiger partial charge in [0.25, 0.3) is 0 Å². The summed E-state index contributed by atoms with van der Waals surface area (Å²) in [6.07, 6.45) is 1.71. The summed E-state index contributed by atoms with van der Waals surface area (Å²) in [5.74, 6) is -1.46. The molecule has 0 aromatic heterocycles. The Morgan fingerprint density at radius 1 is 1.00 bits per heavy atom. The molecule has 0 radical (unpaired) electrons. The van der Waals surface area contributed by atoms with Gasteiger partial charge in [-0.2, -0.15) is 0 Å². The predicted octanol–water partition coefficient (Wildman–Crippen LogP) is 0.128. The highest BCUT2D eigenvalue weighted by Gasteiger charge is 2.19. The molecule has 0 aliphatic carbocycles. The fourth-order valence-electron chi connectivity index (χ4n) is 1.35. The summed E-state index contributed by atoms with van der Waals surface area (Å²) in [7, 11) is -7.37. The summed E-state index contributed by atoms with van der Waals surface area (Å²) < 4.78 is 48.5. The maximum atomic E-state index is 11.1. The lowest BCUT2D eigenvalue weighted by Crippen LogP contribution is -2.17. The summed E-state index contributed by atoms with van der Waals surface area (Å²) in [6.45, 7) is 0. The summed E-state index contributed by atoms with van der Waals surface area (Å²) >= 11 is 0. The van der Waals surface area contributed by atoms with E-state index in [9.17, 15) is 21.6 Å². The van der Waals surface area contributed by atoms with Crippen LogP contribution in [0.3, 0.4) is 0 Å². The van der Waals surface area contributed by atoms with Gasteiger partial charge in [-0.3, -0.25) is 9.44 Å². The molecular weight excluding hydrogens is 296 g/mol. The van der Waals surface area contributed by atoms with Crippen LogP contribution in [-0.4, -0.2) is 40.4 Å². The van der Waals surface area contributed by atoms with Crippen molar-refractivity contribution in [3.8, 4) is 0 Å². The number of anilines is 2. The molecule has 0 heterocycles. The highest BCUT2D eigenvalue weighted by Crippen LogP contribution is 2.25. The Hall–Kier alpha value is -1.81. The van der Waals surface area contributed by atoms with Crippen molar-refractivity contribution < 1.29 is 26.7 Å². The predicted molar refractivity (Wildman–Crippen MR) is 70.3 cm³/mol. The second-order valence-electron chi connectivity index (χ2n) is 3.78. The van der Waals surface area contributed by atoms with Crippen LogP contribution in [0.15, 0.2) is 18.2 Å². The maximum absolute atomic E-state index is 11.1. The first-order chi connectivity index (χ1) is 8.49. The number of carboxylic acids is 1. The zero-order chi connectivity index (χ0) is 14.8. The minimum atomic E-state index is -3.68. The van der Waals surface area contributed by atoms with E-state index in [0.29, 0.717) is 0 Å². The fraction of sp³-hybridized carbons (Fsp3) is 0.222. The molecule has 0 aliphatic heterocycles. The Bertz CT molecular complexity index is 656. The minimum absolute atomic E-state index is 0.219. The average Bonchev–Trinajstić information content (AvgIpc) is 2.11. The third-order valence-electron chi connectivity index (χ3n) is 1.87. The molecule has 0 saturated carbocycles. The van der Waals surface area contributed by atoms with Crippen LogP contribution >= 0.6 is 0 Å². The van der Waals surface area contributed by atoms with Crippen molar-refractivity contribution >= 4 is 37.4 Å². The number of carboxylic acid groups (broad SMARTS) is 1. The molecule has 8 nitrogen and oxygen atoms in total. The highest BCUT2D eigenvalue weighted by molar-refractivity contribution is 7.92. The molecule has 1 aromatic rings. The van der Waals surface area contributed by atoms with Gasteiger partial charge in [0.2, 0.25) is 20.0 Å². The molecule has 0 spiro atoms. The Balaban J connectivity index is 3.42. The summed E-state index contributed by atoms with van der Waals surface area (Å²) in [5.41, 5.74) is -0.911. The number of aromatic carboxylic acids is 1. The van der Waals surface area contributed by atoms with Gasteiger partial charge in [-0.1, -0.05) is 6.07 Å². The smallest absolute Gasteiger partial charge is 0.339 e. The number of benzene rings is 1. The largest absolute Gasteiger partial charge is 0.478 e. The summed E-state index contributed by atoms with van der Waals surface area (Å²) in [5, 5.41) is 9.07. The lowest BCUT2D eigenvalue weighted by Gasteiger charge is -2.12. The van der Waals surface area contributed by atoms with Crippen LogP contribution < -0.4 is 9.44 Å².